The van der Waals surface area contributed by atoms with Gasteiger partial charge in [-0.25, -0.2) is 0 Å². The molecule has 1 atom stereocenters. The molecular weight excluding hydrogens is 238 g/mol. The van der Waals surface area contributed by atoms with Gasteiger partial charge in [0.2, 0.25) is 5.91 Å². The van der Waals surface area contributed by atoms with Crippen LogP contribution in [-0.2, 0) is 9.53 Å². The van der Waals surface area contributed by atoms with Crippen molar-refractivity contribution in [3.05, 3.63) is 48.6 Å². The maximum absolute atomic E-state index is 12.0. The predicted molar refractivity (Wildman–Crippen MR) is 73.6 cm³/mol. The third kappa shape index (κ3) is 1.98. The summed E-state index contributed by atoms with van der Waals surface area (Å²) in [5.74, 6) is 0.0333. The number of amides is 1. The molecule has 2 aliphatic heterocycles. The average molecular weight is 257 g/mol. The first-order chi connectivity index (χ1) is 9.27. The molecule has 0 aromatic heterocycles. The quantitative estimate of drug-likeness (QED) is 0.762. The molecule has 1 aromatic carbocycles. The number of rotatable bonds is 2. The molecule has 1 aromatic rings. The summed E-state index contributed by atoms with van der Waals surface area (Å²) in [6.45, 7) is 6.05. The summed E-state index contributed by atoms with van der Waals surface area (Å²) in [6, 6.07) is 10.5. The second kappa shape index (κ2) is 4.82. The van der Waals surface area contributed by atoms with E-state index in [1.165, 1.54) is 11.6 Å². The van der Waals surface area contributed by atoms with Crippen LogP contribution in [0.2, 0.25) is 0 Å². The van der Waals surface area contributed by atoms with Crippen LogP contribution in [0.5, 0.6) is 0 Å². The van der Waals surface area contributed by atoms with E-state index in [1.807, 2.05) is 23.1 Å². The Labute approximate surface area is 113 Å². The molecule has 0 bridgehead atoms. The molecule has 100 valence electrons. The van der Waals surface area contributed by atoms with Gasteiger partial charge in [0, 0.05) is 25.2 Å². The third-order valence-corrected chi connectivity index (χ3v) is 4.44. The van der Waals surface area contributed by atoms with Crippen molar-refractivity contribution in [3.63, 3.8) is 0 Å². The van der Waals surface area contributed by atoms with Gasteiger partial charge in [-0.15, -0.1) is 0 Å². The molecule has 19 heavy (non-hydrogen) atoms. The van der Waals surface area contributed by atoms with Crippen LogP contribution in [0.1, 0.15) is 24.4 Å². The van der Waals surface area contributed by atoms with Crippen LogP contribution in [-0.4, -0.2) is 30.6 Å². The molecule has 2 saturated heterocycles. The predicted octanol–water partition coefficient (Wildman–Crippen LogP) is 2.55. The van der Waals surface area contributed by atoms with Gasteiger partial charge in [0.25, 0.3) is 0 Å². The molecule has 1 spiro atoms. The van der Waals surface area contributed by atoms with Gasteiger partial charge in [-0.2, -0.15) is 0 Å². The molecule has 3 rings (SSSR count). The maximum Gasteiger partial charge on any atom is 0.246 e. The van der Waals surface area contributed by atoms with Crippen molar-refractivity contribution < 1.29 is 9.53 Å². The van der Waals surface area contributed by atoms with E-state index in [4.69, 9.17) is 4.74 Å². The second-order valence-corrected chi connectivity index (χ2v) is 5.46. The van der Waals surface area contributed by atoms with Gasteiger partial charge in [0.15, 0.2) is 0 Å². The molecule has 2 fully saturated rings. The maximum atomic E-state index is 12.0. The zero-order valence-electron chi connectivity index (χ0n) is 11.0. The molecule has 0 N–H and O–H groups in total. The van der Waals surface area contributed by atoms with E-state index in [0.29, 0.717) is 0 Å². The Morgan fingerprint density at radius 3 is 2.63 bits per heavy atom. The Kier molecular flexibility index (Phi) is 3.15. The van der Waals surface area contributed by atoms with Crippen LogP contribution in [0.4, 0.5) is 0 Å². The molecule has 2 heterocycles. The van der Waals surface area contributed by atoms with Crippen molar-refractivity contribution in [2.24, 2.45) is 5.41 Å². The number of carbonyl (C=O) groups excluding carboxylic acids is 1. The second-order valence-electron chi connectivity index (χ2n) is 5.46. The fourth-order valence-electron chi connectivity index (χ4n) is 3.44. The lowest BCUT2D eigenvalue weighted by atomic mass is 9.64. The first kappa shape index (κ1) is 12.4. The van der Waals surface area contributed by atoms with Gasteiger partial charge >= 0.3 is 0 Å². The van der Waals surface area contributed by atoms with Crippen molar-refractivity contribution in [3.8, 4) is 0 Å². The lowest BCUT2D eigenvalue weighted by molar-refractivity contribution is -0.164. The Hall–Kier alpha value is -1.61. The minimum atomic E-state index is 0.0333. The van der Waals surface area contributed by atoms with Crippen LogP contribution >= 0.6 is 0 Å². The van der Waals surface area contributed by atoms with Gasteiger partial charge in [-0.3, -0.25) is 4.79 Å². The van der Waals surface area contributed by atoms with Crippen LogP contribution in [0.3, 0.4) is 0 Å². The minimum absolute atomic E-state index is 0.0333. The topological polar surface area (TPSA) is 29.5 Å². The molecule has 3 heteroatoms. The van der Waals surface area contributed by atoms with E-state index < -0.39 is 0 Å². The third-order valence-electron chi connectivity index (χ3n) is 4.44. The Morgan fingerprint density at radius 1 is 1.32 bits per heavy atom. The highest BCUT2D eigenvalue weighted by atomic mass is 16.5. The fourth-order valence-corrected chi connectivity index (χ4v) is 3.44. The van der Waals surface area contributed by atoms with Crippen molar-refractivity contribution in [2.75, 3.05) is 19.8 Å². The number of hydrogen-bond acceptors (Lipinski definition) is 2. The Balaban J connectivity index is 1.92. The molecular formula is C16H19NO2. The van der Waals surface area contributed by atoms with Gasteiger partial charge in [0.05, 0.1) is 6.04 Å². The smallest absolute Gasteiger partial charge is 0.246 e. The number of carbonyl (C=O) groups is 1. The molecule has 1 amide bonds. The molecule has 3 nitrogen and oxygen atoms in total. The highest BCUT2D eigenvalue weighted by Gasteiger charge is 2.54. The van der Waals surface area contributed by atoms with Crippen molar-refractivity contribution >= 4 is 5.91 Å². The van der Waals surface area contributed by atoms with Gasteiger partial charge < -0.3 is 9.64 Å². The van der Waals surface area contributed by atoms with Crippen LogP contribution < -0.4 is 0 Å². The lowest BCUT2D eigenvalue weighted by Gasteiger charge is -2.59. The Bertz CT molecular complexity index is 477. The molecule has 1 unspecified atom stereocenters. The number of benzene rings is 1. The monoisotopic (exact) mass is 257 g/mol. The first-order valence-corrected chi connectivity index (χ1v) is 6.83. The fraction of sp³-hybridized carbons (Fsp3) is 0.438. The molecule has 0 aliphatic carbocycles. The van der Waals surface area contributed by atoms with Gasteiger partial charge in [0.1, 0.15) is 0 Å². The number of likely N-dealkylation sites (tertiary alicyclic amines) is 1. The molecule has 2 aliphatic rings. The van der Waals surface area contributed by atoms with Gasteiger partial charge in [-0.1, -0.05) is 36.9 Å². The van der Waals surface area contributed by atoms with Crippen LogP contribution in [0.15, 0.2) is 43.0 Å². The molecule has 0 radical (unpaired) electrons. The zero-order valence-corrected chi connectivity index (χ0v) is 11.0. The standard InChI is InChI=1S/C16H19NO2/c1-2-14(18)17-12-16(8-10-19-11-9-16)15(17)13-6-4-3-5-7-13/h2-7,15H,1,8-12H2. The lowest BCUT2D eigenvalue weighted by Crippen LogP contribution is -2.61. The zero-order chi connectivity index (χ0) is 13.3. The number of hydrogen-bond donors (Lipinski definition) is 0. The van der Waals surface area contributed by atoms with Gasteiger partial charge in [-0.05, 0) is 24.5 Å². The summed E-state index contributed by atoms with van der Waals surface area (Å²) in [5, 5.41) is 0. The minimum Gasteiger partial charge on any atom is -0.381 e. The van der Waals surface area contributed by atoms with Crippen molar-refractivity contribution in [1.82, 2.24) is 4.90 Å². The van der Waals surface area contributed by atoms with Crippen molar-refractivity contribution in [1.29, 1.82) is 0 Å². The SMILES string of the molecule is C=CC(=O)N1CC2(CCOCC2)C1c1ccccc1. The van der Waals surface area contributed by atoms with E-state index in [-0.39, 0.29) is 17.4 Å². The number of nitrogens with zero attached hydrogens (tertiary/aromatic N) is 1. The molecule has 0 saturated carbocycles. The largest absolute Gasteiger partial charge is 0.381 e. The summed E-state index contributed by atoms with van der Waals surface area (Å²) in [4.78, 5) is 13.9. The van der Waals surface area contributed by atoms with E-state index in [1.54, 1.807) is 0 Å². The summed E-state index contributed by atoms with van der Waals surface area (Å²) in [6.07, 6.45) is 3.49. The van der Waals surface area contributed by atoms with Crippen molar-refractivity contribution in [2.45, 2.75) is 18.9 Å². The summed E-state index contributed by atoms with van der Waals surface area (Å²) >= 11 is 0. The Morgan fingerprint density at radius 2 is 2.00 bits per heavy atom. The number of ether oxygens (including phenoxy) is 1. The summed E-state index contributed by atoms with van der Waals surface area (Å²) < 4.78 is 5.48. The highest BCUT2D eigenvalue weighted by Crippen LogP contribution is 2.54. The first-order valence-electron chi connectivity index (χ1n) is 6.83. The van der Waals surface area contributed by atoms with E-state index in [2.05, 4.69) is 18.7 Å². The van der Waals surface area contributed by atoms with Crippen LogP contribution in [0, 0.1) is 5.41 Å². The van der Waals surface area contributed by atoms with E-state index in [0.717, 1.165) is 32.6 Å². The average Bonchev–Trinajstić information content (AvgIpc) is 2.46. The van der Waals surface area contributed by atoms with E-state index in [9.17, 15) is 4.79 Å². The highest BCUT2D eigenvalue weighted by molar-refractivity contribution is 5.88. The normalized spacial score (nSPS) is 24.8. The van der Waals surface area contributed by atoms with E-state index >= 15 is 0 Å². The summed E-state index contributed by atoms with van der Waals surface area (Å²) in [7, 11) is 0. The van der Waals surface area contributed by atoms with Crippen LogP contribution in [0.25, 0.3) is 0 Å². The summed E-state index contributed by atoms with van der Waals surface area (Å²) in [5.41, 5.74) is 1.43.